The van der Waals surface area contributed by atoms with E-state index in [0.29, 0.717) is 0 Å². The van der Waals surface area contributed by atoms with Gasteiger partial charge in [0.15, 0.2) is 9.84 Å². The van der Waals surface area contributed by atoms with Crippen molar-refractivity contribution in [2.45, 2.75) is 25.0 Å². The highest BCUT2D eigenvalue weighted by Gasteiger charge is 2.74. The molecule has 1 aliphatic rings. The molecule has 0 spiro atoms. The molecule has 20 heavy (non-hydrogen) atoms. The van der Waals surface area contributed by atoms with Crippen LogP contribution >= 0.6 is 0 Å². The molecule has 0 radical (unpaired) electrons. The Hall–Kier alpha value is -1.40. The van der Waals surface area contributed by atoms with E-state index in [2.05, 4.69) is 0 Å². The number of rotatable bonds is 5. The van der Waals surface area contributed by atoms with Gasteiger partial charge in [-0.15, -0.1) is 0 Å². The third kappa shape index (κ3) is 2.03. The summed E-state index contributed by atoms with van der Waals surface area (Å²) in [5.41, 5.74) is 6.01. The van der Waals surface area contributed by atoms with Crippen LogP contribution < -0.4 is 5.73 Å². The molecule has 1 fully saturated rings. The molecule has 0 aliphatic heterocycles. The lowest BCUT2D eigenvalue weighted by Gasteiger charge is -2.09. The van der Waals surface area contributed by atoms with E-state index in [1.54, 1.807) is 12.1 Å². The molecule has 0 heterocycles. The second kappa shape index (κ2) is 4.86. The van der Waals surface area contributed by atoms with Crippen LogP contribution in [0.2, 0.25) is 0 Å². The first-order valence-electron chi connectivity index (χ1n) is 6.53. The van der Waals surface area contributed by atoms with Gasteiger partial charge in [-0.2, -0.15) is 0 Å². The molecule has 3 N–H and O–H groups in total. The average Bonchev–Trinajstić information content (AvgIpc) is 3.11. The predicted octanol–water partition coefficient (Wildman–Crippen LogP) is 0.925. The summed E-state index contributed by atoms with van der Waals surface area (Å²) in [6.07, 6.45) is 0. The first-order chi connectivity index (χ1) is 9.31. The smallest absolute Gasteiger partial charge is 0.312 e. The highest BCUT2D eigenvalue weighted by molar-refractivity contribution is 7.92. The van der Waals surface area contributed by atoms with Gasteiger partial charge < -0.3 is 10.8 Å². The van der Waals surface area contributed by atoms with E-state index in [-0.39, 0.29) is 12.3 Å². The number of hydrogen-bond donors (Lipinski definition) is 2. The fraction of sp³-hybridized carbons (Fsp3) is 0.500. The first-order valence-corrected chi connectivity index (χ1v) is 8.24. The molecule has 1 aromatic rings. The van der Waals surface area contributed by atoms with Crippen molar-refractivity contribution >= 4 is 15.8 Å². The number of carboxylic acid groups (broad SMARTS) is 1. The monoisotopic (exact) mass is 297 g/mol. The average molecular weight is 297 g/mol. The zero-order valence-corrected chi connectivity index (χ0v) is 12.4. The van der Waals surface area contributed by atoms with Crippen molar-refractivity contribution in [1.82, 2.24) is 0 Å². The second-order valence-electron chi connectivity index (χ2n) is 5.31. The fourth-order valence-corrected chi connectivity index (χ4v) is 5.02. The molecule has 6 heteroatoms. The molecule has 1 aromatic carbocycles. The summed E-state index contributed by atoms with van der Waals surface area (Å²) >= 11 is 0. The van der Waals surface area contributed by atoms with Crippen molar-refractivity contribution in [2.75, 3.05) is 12.3 Å². The molecule has 0 saturated heterocycles. The Kier molecular flexibility index (Phi) is 3.64. The minimum atomic E-state index is -3.46. The van der Waals surface area contributed by atoms with Gasteiger partial charge in [-0.25, -0.2) is 8.42 Å². The molecule has 2 rings (SSSR count). The van der Waals surface area contributed by atoms with Gasteiger partial charge in [0.2, 0.25) is 0 Å². The molecule has 1 saturated carbocycles. The zero-order valence-electron chi connectivity index (χ0n) is 11.5. The lowest BCUT2D eigenvalue weighted by molar-refractivity contribution is -0.143. The largest absolute Gasteiger partial charge is 0.481 e. The summed E-state index contributed by atoms with van der Waals surface area (Å²) in [5.74, 6) is -1.77. The van der Waals surface area contributed by atoms with E-state index < -0.39 is 32.4 Å². The van der Waals surface area contributed by atoms with E-state index in [1.165, 1.54) is 6.92 Å². The zero-order chi connectivity index (χ0) is 15.1. The van der Waals surface area contributed by atoms with Crippen LogP contribution in [0.25, 0.3) is 0 Å². The molecule has 0 amide bonds. The molecule has 3 atom stereocenters. The van der Waals surface area contributed by atoms with E-state index in [9.17, 15) is 18.3 Å². The molecule has 0 bridgehead atoms. The molecular weight excluding hydrogens is 278 g/mol. The number of sulfone groups is 1. The minimum absolute atomic E-state index is 0.0743. The predicted molar refractivity (Wildman–Crippen MR) is 76.3 cm³/mol. The van der Waals surface area contributed by atoms with Gasteiger partial charge in [-0.05, 0) is 12.5 Å². The number of nitrogens with two attached hydrogens (primary N) is 1. The van der Waals surface area contributed by atoms with E-state index >= 15 is 0 Å². The number of aryl methyl sites for hydroxylation is 1. The summed E-state index contributed by atoms with van der Waals surface area (Å²) < 4.78 is 24.3. The van der Waals surface area contributed by atoms with Gasteiger partial charge >= 0.3 is 5.97 Å². The summed E-state index contributed by atoms with van der Waals surface area (Å²) in [7, 11) is -3.46. The van der Waals surface area contributed by atoms with E-state index in [0.717, 1.165) is 11.1 Å². The summed E-state index contributed by atoms with van der Waals surface area (Å²) in [5, 5.41) is 8.55. The molecule has 0 aromatic heterocycles. The summed E-state index contributed by atoms with van der Waals surface area (Å²) in [6.45, 7) is 3.28. The van der Waals surface area contributed by atoms with Crippen molar-refractivity contribution in [2.24, 2.45) is 11.1 Å². The van der Waals surface area contributed by atoms with Crippen molar-refractivity contribution in [1.29, 1.82) is 0 Å². The van der Waals surface area contributed by atoms with Crippen LogP contribution in [-0.2, 0) is 14.6 Å². The van der Waals surface area contributed by atoms with Crippen LogP contribution in [0.1, 0.15) is 24.0 Å². The summed E-state index contributed by atoms with van der Waals surface area (Å²) in [4.78, 5) is 11.6. The number of carbonyl (C=O) groups is 1. The highest BCUT2D eigenvalue weighted by atomic mass is 32.2. The Bertz CT molecular complexity index is 623. The van der Waals surface area contributed by atoms with Gasteiger partial charge in [0.05, 0.1) is 5.25 Å². The quantitative estimate of drug-likeness (QED) is 0.842. The van der Waals surface area contributed by atoms with Crippen LogP contribution in [0.4, 0.5) is 0 Å². The van der Waals surface area contributed by atoms with Crippen molar-refractivity contribution < 1.29 is 18.3 Å². The summed E-state index contributed by atoms with van der Waals surface area (Å²) in [6, 6.07) is 7.29. The third-order valence-corrected chi connectivity index (χ3v) is 6.49. The Morgan fingerprint density at radius 1 is 1.35 bits per heavy atom. The number of hydrogen-bond acceptors (Lipinski definition) is 4. The van der Waals surface area contributed by atoms with Gasteiger partial charge in [-0.1, -0.05) is 36.8 Å². The highest BCUT2D eigenvalue weighted by Crippen LogP contribution is 2.62. The fourth-order valence-electron chi connectivity index (χ4n) is 2.94. The molecule has 110 valence electrons. The maximum absolute atomic E-state index is 12.2. The standard InChI is InChI=1S/C14H19NO4S/c1-3-20(18,19)12-11(14(12,8-15)13(16)17)10-6-4-9(2)5-7-10/h4-7,11-12H,3,8,15H2,1-2H3,(H,16,17)/t11-,12+,14-/m0/s1. The van der Waals surface area contributed by atoms with Crippen LogP contribution in [0.5, 0.6) is 0 Å². The normalized spacial score (nSPS) is 29.1. The van der Waals surface area contributed by atoms with Crippen LogP contribution in [0.3, 0.4) is 0 Å². The van der Waals surface area contributed by atoms with E-state index in [4.69, 9.17) is 5.73 Å². The molecule has 5 nitrogen and oxygen atoms in total. The van der Waals surface area contributed by atoms with Gasteiger partial charge in [0.1, 0.15) is 5.41 Å². The van der Waals surface area contributed by atoms with Crippen LogP contribution in [-0.4, -0.2) is 37.0 Å². The minimum Gasteiger partial charge on any atom is -0.481 e. The van der Waals surface area contributed by atoms with Crippen molar-refractivity contribution in [3.63, 3.8) is 0 Å². The van der Waals surface area contributed by atoms with Crippen LogP contribution in [0, 0.1) is 12.3 Å². The van der Waals surface area contributed by atoms with Gasteiger partial charge in [0, 0.05) is 18.2 Å². The Morgan fingerprint density at radius 3 is 2.30 bits per heavy atom. The molecule has 0 unspecified atom stereocenters. The molecule has 1 aliphatic carbocycles. The molecular formula is C14H19NO4S. The van der Waals surface area contributed by atoms with Gasteiger partial charge in [0.25, 0.3) is 0 Å². The Labute approximate surface area is 118 Å². The third-order valence-electron chi connectivity index (χ3n) is 4.22. The Balaban J connectivity index is 2.50. The topological polar surface area (TPSA) is 97.5 Å². The lowest BCUT2D eigenvalue weighted by Crippen LogP contribution is -2.32. The van der Waals surface area contributed by atoms with Crippen molar-refractivity contribution in [3.05, 3.63) is 35.4 Å². The van der Waals surface area contributed by atoms with Crippen molar-refractivity contribution in [3.8, 4) is 0 Å². The number of carboxylic acids is 1. The maximum atomic E-state index is 12.2. The second-order valence-corrected chi connectivity index (χ2v) is 7.72. The van der Waals surface area contributed by atoms with Gasteiger partial charge in [-0.3, -0.25) is 4.79 Å². The number of benzene rings is 1. The Morgan fingerprint density at radius 2 is 1.90 bits per heavy atom. The maximum Gasteiger partial charge on any atom is 0.312 e. The SMILES string of the molecule is CCS(=O)(=O)[C@@H]1[C@H](c2ccc(C)cc2)[C@]1(CN)C(=O)O. The number of aliphatic carboxylic acids is 1. The lowest BCUT2D eigenvalue weighted by atomic mass is 9.99. The van der Waals surface area contributed by atoms with E-state index in [1.807, 2.05) is 19.1 Å². The first kappa shape index (κ1) is 15.0. The van der Waals surface area contributed by atoms with Crippen LogP contribution in [0.15, 0.2) is 24.3 Å².